The summed E-state index contributed by atoms with van der Waals surface area (Å²) < 4.78 is 13.4. The van der Waals surface area contributed by atoms with Gasteiger partial charge in [0.15, 0.2) is 0 Å². The van der Waals surface area contributed by atoms with Crippen molar-refractivity contribution < 1.29 is 4.39 Å². The highest BCUT2D eigenvalue weighted by atomic mass is 19.1. The summed E-state index contributed by atoms with van der Waals surface area (Å²) in [5.74, 6) is 0.557. The number of hydrogen-bond acceptors (Lipinski definition) is 3. The molecule has 2 aromatic rings. The lowest BCUT2D eigenvalue weighted by Gasteiger charge is -2.26. The third kappa shape index (κ3) is 2.18. The molecule has 1 aliphatic rings. The van der Waals surface area contributed by atoms with Crippen LogP contribution in [0.15, 0.2) is 36.8 Å². The fourth-order valence-corrected chi connectivity index (χ4v) is 2.47. The number of rotatable bonds is 2. The maximum absolute atomic E-state index is 13.4. The Morgan fingerprint density at radius 3 is 3.06 bits per heavy atom. The van der Waals surface area contributed by atoms with Gasteiger partial charge in [0.25, 0.3) is 0 Å². The predicted octanol–water partition coefficient (Wildman–Crippen LogP) is 3.11. The van der Waals surface area contributed by atoms with Crippen LogP contribution in [0.1, 0.15) is 30.0 Å². The van der Waals surface area contributed by atoms with E-state index < -0.39 is 0 Å². The van der Waals surface area contributed by atoms with Gasteiger partial charge in [-0.15, -0.1) is 0 Å². The van der Waals surface area contributed by atoms with E-state index in [0.29, 0.717) is 0 Å². The van der Waals surface area contributed by atoms with Crippen molar-refractivity contribution in [2.75, 3.05) is 5.32 Å². The van der Waals surface area contributed by atoms with E-state index >= 15 is 0 Å². The highest BCUT2D eigenvalue weighted by Crippen LogP contribution is 2.32. The SMILES string of the molecule is Fc1ccc2c(c1)C(Nc1cnccn1)CCC2. The van der Waals surface area contributed by atoms with Crippen molar-refractivity contribution in [3.05, 3.63) is 53.7 Å². The molecule has 1 N–H and O–H groups in total. The summed E-state index contributed by atoms with van der Waals surface area (Å²) in [6.07, 6.45) is 8.10. The van der Waals surface area contributed by atoms with E-state index in [1.807, 2.05) is 6.07 Å². The maximum atomic E-state index is 13.4. The summed E-state index contributed by atoms with van der Waals surface area (Å²) in [7, 11) is 0. The summed E-state index contributed by atoms with van der Waals surface area (Å²) in [4.78, 5) is 8.23. The van der Waals surface area contributed by atoms with Crippen molar-refractivity contribution in [1.29, 1.82) is 0 Å². The fourth-order valence-electron chi connectivity index (χ4n) is 2.47. The van der Waals surface area contributed by atoms with E-state index in [1.165, 1.54) is 11.6 Å². The molecule has 92 valence electrons. The Kier molecular flexibility index (Phi) is 2.92. The first kappa shape index (κ1) is 11.1. The van der Waals surface area contributed by atoms with E-state index in [0.717, 1.165) is 30.6 Å². The lowest BCUT2D eigenvalue weighted by atomic mass is 9.87. The molecule has 0 saturated heterocycles. The van der Waals surface area contributed by atoms with Crippen LogP contribution >= 0.6 is 0 Å². The molecule has 4 heteroatoms. The van der Waals surface area contributed by atoms with Gasteiger partial charge in [0, 0.05) is 12.4 Å². The predicted molar refractivity (Wildman–Crippen MR) is 67.7 cm³/mol. The van der Waals surface area contributed by atoms with Gasteiger partial charge in [-0.1, -0.05) is 6.07 Å². The zero-order chi connectivity index (χ0) is 12.4. The summed E-state index contributed by atoms with van der Waals surface area (Å²) in [6, 6.07) is 5.17. The highest BCUT2D eigenvalue weighted by molar-refractivity contribution is 5.40. The average Bonchev–Trinajstić information content (AvgIpc) is 2.41. The van der Waals surface area contributed by atoms with E-state index in [4.69, 9.17) is 0 Å². The molecule has 3 rings (SSSR count). The Hall–Kier alpha value is -1.97. The molecule has 1 heterocycles. The number of hydrogen-bond donors (Lipinski definition) is 1. The van der Waals surface area contributed by atoms with Gasteiger partial charge >= 0.3 is 0 Å². The van der Waals surface area contributed by atoms with E-state index in [9.17, 15) is 4.39 Å². The van der Waals surface area contributed by atoms with E-state index in [1.54, 1.807) is 24.7 Å². The van der Waals surface area contributed by atoms with Gasteiger partial charge in [-0.05, 0) is 42.5 Å². The van der Waals surface area contributed by atoms with Gasteiger partial charge in [0.1, 0.15) is 11.6 Å². The maximum Gasteiger partial charge on any atom is 0.144 e. The zero-order valence-corrected chi connectivity index (χ0v) is 9.94. The molecule has 0 radical (unpaired) electrons. The largest absolute Gasteiger partial charge is 0.362 e. The number of nitrogens with one attached hydrogen (secondary N) is 1. The molecular weight excluding hydrogens is 229 g/mol. The van der Waals surface area contributed by atoms with Crippen LogP contribution < -0.4 is 5.32 Å². The fraction of sp³-hybridized carbons (Fsp3) is 0.286. The highest BCUT2D eigenvalue weighted by Gasteiger charge is 2.20. The Bertz CT molecular complexity index is 542. The summed E-state index contributed by atoms with van der Waals surface area (Å²) in [5, 5.41) is 3.32. The van der Waals surface area contributed by atoms with Gasteiger partial charge in [-0.3, -0.25) is 4.98 Å². The summed E-state index contributed by atoms with van der Waals surface area (Å²) in [5.41, 5.74) is 2.27. The Morgan fingerprint density at radius 2 is 2.22 bits per heavy atom. The van der Waals surface area contributed by atoms with Crippen LogP contribution in [0.4, 0.5) is 10.2 Å². The molecule has 0 spiro atoms. The first-order valence-corrected chi connectivity index (χ1v) is 6.14. The van der Waals surface area contributed by atoms with Gasteiger partial charge in [0.2, 0.25) is 0 Å². The van der Waals surface area contributed by atoms with Crippen LogP contribution in [0.25, 0.3) is 0 Å². The molecule has 0 amide bonds. The van der Waals surface area contributed by atoms with E-state index in [2.05, 4.69) is 15.3 Å². The zero-order valence-electron chi connectivity index (χ0n) is 9.94. The number of anilines is 1. The topological polar surface area (TPSA) is 37.8 Å². The quantitative estimate of drug-likeness (QED) is 0.880. The normalized spacial score (nSPS) is 18.2. The average molecular weight is 243 g/mol. The second-order valence-electron chi connectivity index (χ2n) is 4.52. The number of aryl methyl sites for hydroxylation is 1. The van der Waals surface area contributed by atoms with Crippen molar-refractivity contribution in [3.8, 4) is 0 Å². The van der Waals surface area contributed by atoms with Gasteiger partial charge in [-0.2, -0.15) is 0 Å². The molecule has 0 aliphatic heterocycles. The summed E-state index contributed by atoms with van der Waals surface area (Å²) >= 11 is 0. The minimum absolute atomic E-state index is 0.126. The van der Waals surface area contributed by atoms with E-state index in [-0.39, 0.29) is 11.9 Å². The van der Waals surface area contributed by atoms with Crippen molar-refractivity contribution in [1.82, 2.24) is 9.97 Å². The Labute approximate surface area is 105 Å². The van der Waals surface area contributed by atoms with Crippen molar-refractivity contribution >= 4 is 5.82 Å². The molecule has 1 aromatic heterocycles. The first-order chi connectivity index (χ1) is 8.83. The van der Waals surface area contributed by atoms with Crippen LogP contribution in [0.2, 0.25) is 0 Å². The number of halogens is 1. The number of nitrogens with zero attached hydrogens (tertiary/aromatic N) is 2. The minimum atomic E-state index is -0.179. The molecule has 1 atom stereocenters. The van der Waals surface area contributed by atoms with Crippen molar-refractivity contribution in [2.24, 2.45) is 0 Å². The molecular formula is C14H14FN3. The van der Waals surface area contributed by atoms with Crippen LogP contribution in [0.5, 0.6) is 0 Å². The molecule has 3 nitrogen and oxygen atoms in total. The monoisotopic (exact) mass is 243 g/mol. The lowest BCUT2D eigenvalue weighted by molar-refractivity contribution is 0.578. The molecule has 18 heavy (non-hydrogen) atoms. The molecule has 0 fully saturated rings. The van der Waals surface area contributed by atoms with Gasteiger partial charge in [-0.25, -0.2) is 9.37 Å². The van der Waals surface area contributed by atoms with Crippen LogP contribution in [-0.4, -0.2) is 9.97 Å². The molecule has 1 unspecified atom stereocenters. The van der Waals surface area contributed by atoms with Crippen LogP contribution in [-0.2, 0) is 6.42 Å². The second-order valence-corrected chi connectivity index (χ2v) is 4.52. The van der Waals surface area contributed by atoms with Gasteiger partial charge in [0.05, 0.1) is 12.2 Å². The molecule has 0 bridgehead atoms. The third-order valence-electron chi connectivity index (χ3n) is 3.31. The minimum Gasteiger partial charge on any atom is -0.362 e. The van der Waals surface area contributed by atoms with Crippen molar-refractivity contribution in [2.45, 2.75) is 25.3 Å². The smallest absolute Gasteiger partial charge is 0.144 e. The Morgan fingerprint density at radius 1 is 1.28 bits per heavy atom. The van der Waals surface area contributed by atoms with Crippen LogP contribution in [0.3, 0.4) is 0 Å². The number of aromatic nitrogens is 2. The molecule has 1 aromatic carbocycles. The third-order valence-corrected chi connectivity index (χ3v) is 3.31. The molecule has 1 aliphatic carbocycles. The lowest BCUT2D eigenvalue weighted by Crippen LogP contribution is -2.18. The molecule has 0 saturated carbocycles. The van der Waals surface area contributed by atoms with Crippen LogP contribution in [0, 0.1) is 5.82 Å². The summed E-state index contributed by atoms with van der Waals surface area (Å²) in [6.45, 7) is 0. The standard InChI is InChI=1S/C14H14FN3/c15-11-5-4-10-2-1-3-13(12(10)8-11)18-14-9-16-6-7-17-14/h4-9,13H,1-3H2,(H,17,18). The Balaban J connectivity index is 1.89. The first-order valence-electron chi connectivity index (χ1n) is 6.14. The van der Waals surface area contributed by atoms with Gasteiger partial charge < -0.3 is 5.32 Å². The number of benzene rings is 1. The number of fused-ring (bicyclic) bond motifs is 1. The second kappa shape index (κ2) is 4.72. The van der Waals surface area contributed by atoms with Crippen molar-refractivity contribution in [3.63, 3.8) is 0 Å².